The lowest BCUT2D eigenvalue weighted by atomic mass is 10.5. The van der Waals surface area contributed by atoms with Crippen molar-refractivity contribution in [2.45, 2.75) is 12.8 Å². The predicted molar refractivity (Wildman–Crippen MR) is 89.3 cm³/mol. The maximum atomic E-state index is 8.51. The van der Waals surface area contributed by atoms with E-state index < -0.39 is 0 Å². The zero-order valence-electron chi connectivity index (χ0n) is 14.2. The van der Waals surface area contributed by atoms with E-state index in [1.807, 2.05) is 0 Å². The summed E-state index contributed by atoms with van der Waals surface area (Å²) in [5, 5.41) is 17.0. The third kappa shape index (κ3) is 22.0. The van der Waals surface area contributed by atoms with Crippen molar-refractivity contribution in [1.29, 1.82) is 0 Å². The molecule has 0 aromatic heterocycles. The van der Waals surface area contributed by atoms with Gasteiger partial charge in [-0.2, -0.15) is 0 Å². The third-order valence-corrected chi connectivity index (χ3v) is 2.89. The first-order valence-corrected chi connectivity index (χ1v) is 8.84. The van der Waals surface area contributed by atoms with Crippen LogP contribution < -0.4 is 4.89 Å². The molecule has 0 saturated carbocycles. The fourth-order valence-corrected chi connectivity index (χ4v) is 1.72. The Bertz CT molecular complexity index is 207. The summed E-state index contributed by atoms with van der Waals surface area (Å²) in [6, 6.07) is 0. The normalized spacial score (nSPS) is 11.2. The number of rotatable bonds is 21. The lowest BCUT2D eigenvalue weighted by Crippen LogP contribution is -2.14. The second-order valence-corrected chi connectivity index (χ2v) is 5.01. The van der Waals surface area contributed by atoms with Gasteiger partial charge in [0.2, 0.25) is 0 Å². The maximum absolute atomic E-state index is 8.51. The van der Waals surface area contributed by atoms with Gasteiger partial charge in [-0.15, -0.1) is 4.89 Å². The highest BCUT2D eigenvalue weighted by atomic mass is 32.2. The topological polar surface area (TPSA) is 108 Å². The van der Waals surface area contributed by atoms with Gasteiger partial charge in [-0.05, 0) is 12.8 Å². The molecular formula is C14H31NO8S. The molecule has 146 valence electrons. The SMILES string of the molecule is OCCOCCCOCCONSOCCOCCCOCCO. The molecule has 10 heteroatoms. The van der Waals surface area contributed by atoms with Crippen LogP contribution in [0.2, 0.25) is 0 Å². The number of aliphatic hydroxyl groups is 2. The summed E-state index contributed by atoms with van der Waals surface area (Å²) < 4.78 is 26.0. The van der Waals surface area contributed by atoms with Crippen LogP contribution in [0.15, 0.2) is 0 Å². The van der Waals surface area contributed by atoms with Crippen molar-refractivity contribution in [1.82, 2.24) is 4.89 Å². The van der Waals surface area contributed by atoms with Crippen molar-refractivity contribution < 1.29 is 38.2 Å². The highest BCUT2D eigenvalue weighted by Gasteiger charge is 1.94. The van der Waals surface area contributed by atoms with Gasteiger partial charge in [0.25, 0.3) is 0 Å². The van der Waals surface area contributed by atoms with Crippen LogP contribution in [-0.2, 0) is 28.0 Å². The first-order valence-electron chi connectivity index (χ1n) is 8.09. The first kappa shape index (κ1) is 24.0. The van der Waals surface area contributed by atoms with Crippen LogP contribution in [0.3, 0.4) is 0 Å². The molecule has 0 saturated heterocycles. The molecule has 9 nitrogen and oxygen atoms in total. The van der Waals surface area contributed by atoms with Crippen LogP contribution in [0.25, 0.3) is 0 Å². The van der Waals surface area contributed by atoms with E-state index in [4.69, 9.17) is 38.2 Å². The van der Waals surface area contributed by atoms with Crippen LogP contribution in [0.5, 0.6) is 0 Å². The largest absolute Gasteiger partial charge is 0.394 e. The summed E-state index contributed by atoms with van der Waals surface area (Å²) in [6.45, 7) is 5.05. The summed E-state index contributed by atoms with van der Waals surface area (Å²) in [5.74, 6) is 0. The number of ether oxygens (including phenoxy) is 4. The van der Waals surface area contributed by atoms with Crippen molar-refractivity contribution in [3.05, 3.63) is 0 Å². The molecule has 0 bridgehead atoms. The Morgan fingerprint density at radius 2 is 1.08 bits per heavy atom. The summed E-state index contributed by atoms with van der Waals surface area (Å²) in [6.07, 6.45) is 1.58. The van der Waals surface area contributed by atoms with Gasteiger partial charge in [0.15, 0.2) is 0 Å². The smallest absolute Gasteiger partial charge is 0.105 e. The van der Waals surface area contributed by atoms with Crippen molar-refractivity contribution >= 4 is 12.2 Å². The van der Waals surface area contributed by atoms with E-state index in [2.05, 4.69) is 4.89 Å². The zero-order chi connectivity index (χ0) is 17.6. The average molecular weight is 373 g/mol. The molecule has 0 atom stereocenters. The maximum Gasteiger partial charge on any atom is 0.105 e. The summed E-state index contributed by atoms with van der Waals surface area (Å²) in [5.41, 5.74) is 0. The molecule has 24 heavy (non-hydrogen) atoms. The van der Waals surface area contributed by atoms with E-state index in [1.54, 1.807) is 0 Å². The Balaban J connectivity index is 2.93. The predicted octanol–water partition coefficient (Wildman–Crippen LogP) is -0.0814. The molecule has 0 spiro atoms. The van der Waals surface area contributed by atoms with E-state index >= 15 is 0 Å². The third-order valence-electron chi connectivity index (χ3n) is 2.42. The van der Waals surface area contributed by atoms with E-state index in [0.717, 1.165) is 25.1 Å². The monoisotopic (exact) mass is 373 g/mol. The molecule has 0 heterocycles. The molecule has 0 aliphatic heterocycles. The number of nitrogens with one attached hydrogen (secondary N) is 1. The minimum atomic E-state index is 0.0482. The lowest BCUT2D eigenvalue weighted by molar-refractivity contribution is 0.0164. The van der Waals surface area contributed by atoms with Gasteiger partial charge < -0.3 is 29.2 Å². The fraction of sp³-hybridized carbons (Fsp3) is 1.00. The van der Waals surface area contributed by atoms with Gasteiger partial charge in [-0.25, -0.2) is 0 Å². The Hall–Kier alpha value is -0.0100. The molecule has 0 aliphatic rings. The van der Waals surface area contributed by atoms with Crippen LogP contribution in [0, 0.1) is 0 Å². The van der Waals surface area contributed by atoms with Gasteiger partial charge >= 0.3 is 0 Å². The second kappa shape index (κ2) is 23.0. The zero-order valence-corrected chi connectivity index (χ0v) is 15.0. The minimum Gasteiger partial charge on any atom is -0.394 e. The number of hydrogen-bond donors (Lipinski definition) is 3. The highest BCUT2D eigenvalue weighted by molar-refractivity contribution is 7.92. The van der Waals surface area contributed by atoms with Crippen molar-refractivity contribution in [2.75, 3.05) is 79.3 Å². The molecule has 0 fully saturated rings. The molecule has 3 N–H and O–H groups in total. The molecule has 0 aromatic carbocycles. The molecule has 0 aliphatic carbocycles. The van der Waals surface area contributed by atoms with Gasteiger partial charge in [0.1, 0.15) is 12.2 Å². The minimum absolute atomic E-state index is 0.0482. The van der Waals surface area contributed by atoms with Crippen LogP contribution in [0.1, 0.15) is 12.8 Å². The summed E-state index contributed by atoms with van der Waals surface area (Å²) in [4.78, 5) is 7.67. The summed E-state index contributed by atoms with van der Waals surface area (Å²) >= 11 is 1.00. The van der Waals surface area contributed by atoms with Crippen molar-refractivity contribution in [3.8, 4) is 0 Å². The van der Waals surface area contributed by atoms with Crippen molar-refractivity contribution in [2.24, 2.45) is 0 Å². The molecule has 0 amide bonds. The van der Waals surface area contributed by atoms with Crippen LogP contribution in [0.4, 0.5) is 0 Å². The van der Waals surface area contributed by atoms with Crippen LogP contribution in [-0.4, -0.2) is 89.5 Å². The Kier molecular flexibility index (Phi) is 23.0. The fourth-order valence-electron chi connectivity index (χ4n) is 1.39. The summed E-state index contributed by atoms with van der Waals surface area (Å²) in [7, 11) is 0. The first-order chi connectivity index (χ1) is 11.9. The Morgan fingerprint density at radius 1 is 0.583 bits per heavy atom. The molecule has 0 radical (unpaired) electrons. The van der Waals surface area contributed by atoms with E-state index in [-0.39, 0.29) is 13.2 Å². The molecular weight excluding hydrogens is 342 g/mol. The van der Waals surface area contributed by atoms with E-state index in [1.165, 1.54) is 0 Å². The molecule has 0 rings (SSSR count). The van der Waals surface area contributed by atoms with E-state index in [9.17, 15) is 0 Å². The van der Waals surface area contributed by atoms with Crippen LogP contribution >= 0.6 is 12.2 Å². The highest BCUT2D eigenvalue weighted by Crippen LogP contribution is 1.96. The Labute approximate surface area is 148 Å². The average Bonchev–Trinajstić information content (AvgIpc) is 2.60. The van der Waals surface area contributed by atoms with Gasteiger partial charge in [-0.3, -0.25) is 9.02 Å². The molecule has 0 aromatic rings. The van der Waals surface area contributed by atoms with Gasteiger partial charge in [-0.1, -0.05) is 0 Å². The number of aliphatic hydroxyl groups excluding tert-OH is 2. The Morgan fingerprint density at radius 3 is 1.62 bits per heavy atom. The number of hydrogen-bond acceptors (Lipinski definition) is 10. The van der Waals surface area contributed by atoms with Gasteiger partial charge in [0.05, 0.1) is 52.9 Å². The second-order valence-electron chi connectivity index (χ2n) is 4.44. The quantitative estimate of drug-likeness (QED) is 0.109. The standard InChI is InChI=1S/C14H31NO8S/c16-3-9-18-5-1-7-20-11-13-22-15-24-23-14-12-21-8-2-6-19-10-4-17/h15-17H,1-14H2. The van der Waals surface area contributed by atoms with Gasteiger partial charge in [0, 0.05) is 26.4 Å². The molecule has 0 unspecified atom stereocenters. The van der Waals surface area contributed by atoms with Crippen molar-refractivity contribution in [3.63, 3.8) is 0 Å². The van der Waals surface area contributed by atoms with E-state index in [0.29, 0.717) is 66.1 Å². The lowest BCUT2D eigenvalue weighted by Gasteiger charge is -2.07.